The number of rotatable bonds is 5. The van der Waals surface area contributed by atoms with Gasteiger partial charge in [-0.05, 0) is 20.3 Å². The van der Waals surface area contributed by atoms with Crippen LogP contribution in [0, 0.1) is 5.92 Å². The highest BCUT2D eigenvalue weighted by molar-refractivity contribution is 4.82. The van der Waals surface area contributed by atoms with Gasteiger partial charge in [-0.15, -0.1) is 0 Å². The van der Waals surface area contributed by atoms with Crippen molar-refractivity contribution in [2.75, 3.05) is 19.8 Å². The first kappa shape index (κ1) is 10.9. The van der Waals surface area contributed by atoms with Crippen LogP contribution in [0.2, 0.25) is 0 Å². The summed E-state index contributed by atoms with van der Waals surface area (Å²) in [5, 5.41) is 0. The van der Waals surface area contributed by atoms with Gasteiger partial charge in [0.15, 0.2) is 0 Å². The summed E-state index contributed by atoms with van der Waals surface area (Å²) in [5.41, 5.74) is 2.80. The van der Waals surface area contributed by atoms with Crippen LogP contribution in [0.3, 0.4) is 0 Å². The first-order valence-electron chi connectivity index (χ1n) is 4.95. The molecule has 0 spiro atoms. The normalized spacial score (nSPS) is 30.7. The van der Waals surface area contributed by atoms with Gasteiger partial charge in [0.05, 0.1) is 12.7 Å². The molecule has 3 N–H and O–H groups in total. The molecular weight excluding hydrogens is 168 g/mol. The lowest BCUT2D eigenvalue weighted by atomic mass is 9.94. The zero-order valence-electron chi connectivity index (χ0n) is 8.45. The van der Waals surface area contributed by atoms with E-state index in [1.165, 1.54) is 0 Å². The van der Waals surface area contributed by atoms with Gasteiger partial charge in [0.2, 0.25) is 0 Å². The Kier molecular flexibility index (Phi) is 4.66. The average Bonchev–Trinajstić information content (AvgIpc) is 2.54. The Morgan fingerprint density at radius 3 is 2.92 bits per heavy atom. The number of hydrogen-bond acceptors (Lipinski definition) is 4. The maximum Gasteiger partial charge on any atom is 0.0636 e. The largest absolute Gasteiger partial charge is 0.380 e. The minimum Gasteiger partial charge on any atom is -0.380 e. The predicted molar refractivity (Wildman–Crippen MR) is 51.1 cm³/mol. The van der Waals surface area contributed by atoms with Gasteiger partial charge in [0.25, 0.3) is 0 Å². The second-order valence-corrected chi connectivity index (χ2v) is 3.46. The number of hydrazine groups is 1. The fraction of sp³-hybridized carbons (Fsp3) is 1.00. The first-order valence-corrected chi connectivity index (χ1v) is 4.95. The van der Waals surface area contributed by atoms with E-state index in [1.807, 2.05) is 6.92 Å². The lowest BCUT2D eigenvalue weighted by Gasteiger charge is -2.24. The molecule has 4 heteroatoms. The van der Waals surface area contributed by atoms with E-state index in [4.69, 9.17) is 15.3 Å². The Morgan fingerprint density at radius 2 is 2.46 bits per heavy atom. The van der Waals surface area contributed by atoms with E-state index < -0.39 is 0 Å². The third kappa shape index (κ3) is 2.91. The molecule has 1 aliphatic heterocycles. The first-order chi connectivity index (χ1) is 6.29. The Hall–Kier alpha value is -0.160. The lowest BCUT2D eigenvalue weighted by Crippen LogP contribution is -2.46. The summed E-state index contributed by atoms with van der Waals surface area (Å²) in [6.07, 6.45) is 1.37. The van der Waals surface area contributed by atoms with Crippen molar-refractivity contribution in [3.8, 4) is 0 Å². The van der Waals surface area contributed by atoms with E-state index in [2.05, 4.69) is 12.3 Å². The number of nitrogens with two attached hydrogens (primary N) is 1. The lowest BCUT2D eigenvalue weighted by molar-refractivity contribution is 0.0629. The quantitative estimate of drug-likeness (QED) is 0.480. The van der Waals surface area contributed by atoms with Crippen LogP contribution in [-0.4, -0.2) is 32.0 Å². The molecule has 4 nitrogen and oxygen atoms in total. The average molecular weight is 188 g/mol. The predicted octanol–water partition coefficient (Wildman–Crippen LogP) is 0.280. The molecule has 3 atom stereocenters. The summed E-state index contributed by atoms with van der Waals surface area (Å²) in [6, 6.07) is 0.220. The summed E-state index contributed by atoms with van der Waals surface area (Å²) in [6.45, 7) is 6.33. The molecule has 1 fully saturated rings. The summed E-state index contributed by atoms with van der Waals surface area (Å²) in [7, 11) is 0. The third-order valence-corrected chi connectivity index (χ3v) is 2.67. The third-order valence-electron chi connectivity index (χ3n) is 2.67. The van der Waals surface area contributed by atoms with Gasteiger partial charge in [0, 0.05) is 25.2 Å². The van der Waals surface area contributed by atoms with Crippen LogP contribution in [0.15, 0.2) is 0 Å². The van der Waals surface area contributed by atoms with Crippen LogP contribution in [0.25, 0.3) is 0 Å². The van der Waals surface area contributed by atoms with Crippen molar-refractivity contribution in [1.82, 2.24) is 5.43 Å². The Labute approximate surface area is 79.7 Å². The number of nitrogens with one attached hydrogen (secondary N) is 1. The summed E-state index contributed by atoms with van der Waals surface area (Å²) < 4.78 is 10.8. The van der Waals surface area contributed by atoms with Crippen molar-refractivity contribution in [2.45, 2.75) is 32.4 Å². The molecule has 0 bridgehead atoms. The van der Waals surface area contributed by atoms with Crippen LogP contribution < -0.4 is 11.3 Å². The molecule has 1 saturated heterocycles. The van der Waals surface area contributed by atoms with Crippen LogP contribution in [-0.2, 0) is 9.47 Å². The molecule has 0 aromatic rings. The highest BCUT2D eigenvalue weighted by atomic mass is 16.5. The van der Waals surface area contributed by atoms with E-state index in [-0.39, 0.29) is 6.04 Å². The topological polar surface area (TPSA) is 56.5 Å². The van der Waals surface area contributed by atoms with Crippen molar-refractivity contribution in [1.29, 1.82) is 0 Å². The molecule has 3 unspecified atom stereocenters. The molecule has 1 aliphatic rings. The van der Waals surface area contributed by atoms with Gasteiger partial charge in [-0.25, -0.2) is 0 Å². The molecule has 1 rings (SSSR count). The van der Waals surface area contributed by atoms with Gasteiger partial charge in [-0.1, -0.05) is 0 Å². The zero-order valence-corrected chi connectivity index (χ0v) is 8.45. The molecule has 0 aliphatic carbocycles. The number of hydrogen-bond donors (Lipinski definition) is 2. The van der Waals surface area contributed by atoms with Crippen molar-refractivity contribution in [3.63, 3.8) is 0 Å². The monoisotopic (exact) mass is 188 g/mol. The van der Waals surface area contributed by atoms with E-state index in [1.54, 1.807) is 0 Å². The Balaban J connectivity index is 2.35. The highest BCUT2D eigenvalue weighted by Crippen LogP contribution is 2.23. The van der Waals surface area contributed by atoms with Crippen LogP contribution in [0.5, 0.6) is 0 Å². The van der Waals surface area contributed by atoms with Crippen molar-refractivity contribution < 1.29 is 9.47 Å². The summed E-state index contributed by atoms with van der Waals surface area (Å²) in [5.74, 6) is 5.95. The van der Waals surface area contributed by atoms with E-state index in [0.717, 1.165) is 19.6 Å². The smallest absolute Gasteiger partial charge is 0.0636 e. The van der Waals surface area contributed by atoms with Crippen LogP contribution >= 0.6 is 0 Å². The highest BCUT2D eigenvalue weighted by Gasteiger charge is 2.31. The fourth-order valence-electron chi connectivity index (χ4n) is 1.82. The molecule has 13 heavy (non-hydrogen) atoms. The fourth-order valence-corrected chi connectivity index (χ4v) is 1.82. The van der Waals surface area contributed by atoms with Crippen molar-refractivity contribution >= 4 is 0 Å². The number of ether oxygens (including phenoxy) is 2. The van der Waals surface area contributed by atoms with Gasteiger partial charge in [-0.3, -0.25) is 11.3 Å². The second kappa shape index (κ2) is 5.54. The van der Waals surface area contributed by atoms with Crippen molar-refractivity contribution in [3.05, 3.63) is 0 Å². The van der Waals surface area contributed by atoms with Crippen LogP contribution in [0.4, 0.5) is 0 Å². The second-order valence-electron chi connectivity index (χ2n) is 3.46. The van der Waals surface area contributed by atoms with E-state index in [0.29, 0.717) is 18.6 Å². The molecule has 0 radical (unpaired) electrons. The summed E-state index contributed by atoms with van der Waals surface area (Å²) >= 11 is 0. The van der Waals surface area contributed by atoms with E-state index in [9.17, 15) is 0 Å². The van der Waals surface area contributed by atoms with E-state index >= 15 is 0 Å². The van der Waals surface area contributed by atoms with Gasteiger partial charge in [0.1, 0.15) is 0 Å². The van der Waals surface area contributed by atoms with Gasteiger partial charge < -0.3 is 9.47 Å². The maximum absolute atomic E-state index is 5.48. The molecule has 0 aromatic heterocycles. The minimum atomic E-state index is 0.220. The minimum absolute atomic E-state index is 0.220. The SMILES string of the molecule is CCOCC(NN)C1CCOC1C. The summed E-state index contributed by atoms with van der Waals surface area (Å²) in [4.78, 5) is 0. The Morgan fingerprint density at radius 1 is 1.69 bits per heavy atom. The van der Waals surface area contributed by atoms with Crippen LogP contribution in [0.1, 0.15) is 20.3 Å². The Bertz CT molecular complexity index is 144. The molecule has 0 amide bonds. The molecule has 0 saturated carbocycles. The zero-order chi connectivity index (χ0) is 9.68. The van der Waals surface area contributed by atoms with Gasteiger partial charge in [-0.2, -0.15) is 0 Å². The molecule has 0 aromatic carbocycles. The molecule has 78 valence electrons. The van der Waals surface area contributed by atoms with Gasteiger partial charge >= 0.3 is 0 Å². The molecule has 1 heterocycles. The maximum atomic E-state index is 5.48. The standard InChI is InChI=1S/C9H20N2O2/c1-3-12-6-9(11-10)8-4-5-13-7(8)2/h7-9,11H,3-6,10H2,1-2H3. The van der Waals surface area contributed by atoms with Crippen molar-refractivity contribution in [2.24, 2.45) is 11.8 Å². The molecular formula is C9H20N2O2.